The highest BCUT2D eigenvalue weighted by atomic mass is 32.1. The average Bonchev–Trinajstić information content (AvgIpc) is 3.86. The van der Waals surface area contributed by atoms with Crippen molar-refractivity contribution in [3.05, 3.63) is 113 Å². The van der Waals surface area contributed by atoms with Crippen LogP contribution in [0, 0.1) is 18.3 Å². The number of hydrogen-bond donors (Lipinski definition) is 2. The number of phenolic OH excluding ortho intramolecular Hbond substituents is 1. The molecule has 2 unspecified atom stereocenters. The van der Waals surface area contributed by atoms with E-state index in [0.29, 0.717) is 30.8 Å². The van der Waals surface area contributed by atoms with Gasteiger partial charge in [-0.2, -0.15) is 0 Å². The number of rotatable bonds is 10. The van der Waals surface area contributed by atoms with Gasteiger partial charge in [0.1, 0.15) is 17.6 Å². The second kappa shape index (κ2) is 14.9. The molecule has 0 radical (unpaired) electrons. The van der Waals surface area contributed by atoms with Gasteiger partial charge >= 0.3 is 0 Å². The van der Waals surface area contributed by atoms with Gasteiger partial charge in [0, 0.05) is 67.5 Å². The summed E-state index contributed by atoms with van der Waals surface area (Å²) in [5, 5.41) is 23.2. The van der Waals surface area contributed by atoms with E-state index in [1.807, 2.05) is 59.9 Å². The Labute approximate surface area is 336 Å². The van der Waals surface area contributed by atoms with Crippen LogP contribution in [-0.2, 0) is 16.1 Å². The topological polar surface area (TPSA) is 128 Å². The van der Waals surface area contributed by atoms with Gasteiger partial charge in [0.25, 0.3) is 0 Å². The first-order valence-electron chi connectivity index (χ1n) is 19.7. The summed E-state index contributed by atoms with van der Waals surface area (Å²) in [6.45, 7) is 10.9. The first-order chi connectivity index (χ1) is 27.6. The van der Waals surface area contributed by atoms with Gasteiger partial charge in [-0.15, -0.1) is 21.5 Å². The van der Waals surface area contributed by atoms with Gasteiger partial charge in [-0.1, -0.05) is 56.3 Å². The number of para-hydroxylation sites is 1. The Balaban J connectivity index is 0.812. The van der Waals surface area contributed by atoms with E-state index in [0.717, 1.165) is 82.3 Å². The highest BCUT2D eigenvalue weighted by molar-refractivity contribution is 7.13. The molecule has 9 rings (SSSR count). The Bertz CT molecular complexity index is 2450. The number of fused-ring (bicyclic) bond motifs is 1. The van der Waals surface area contributed by atoms with Crippen molar-refractivity contribution in [2.75, 3.05) is 42.5 Å². The predicted octanol–water partition coefficient (Wildman–Crippen LogP) is 7.20. The van der Waals surface area contributed by atoms with Crippen molar-refractivity contribution in [1.29, 1.82) is 0 Å². The minimum Gasteiger partial charge on any atom is -0.507 e. The molecule has 2 atom stereocenters. The number of nitrogens with one attached hydrogen (secondary N) is 1. The van der Waals surface area contributed by atoms with E-state index in [-0.39, 0.29) is 34.8 Å². The smallest absolute Gasteiger partial charge is 0.243 e. The van der Waals surface area contributed by atoms with Crippen molar-refractivity contribution < 1.29 is 14.7 Å². The fourth-order valence-corrected chi connectivity index (χ4v) is 9.68. The standard InChI is InChI=1S/C45H46N8O3S/c1-28(2)41(44(56)53-18-6-8-38(53)43(55)47-22-30-10-12-31(13-11-30)42-29(3)48-27-57-42)33-16-17-46-40(20-33)52-25-45(26-52)23-51(24-45)34-15-14-32-19-37(50-49-36(32)21-34)35-7-4-5-9-39(35)54/h4-5,7,9-17,19-21,27-28,38,41,54H,6,8,18,22-26H2,1-3H3,(H,47,55). The number of thiazole rings is 1. The van der Waals surface area contributed by atoms with Crippen LogP contribution in [0.3, 0.4) is 0 Å². The zero-order valence-electron chi connectivity index (χ0n) is 32.4. The van der Waals surface area contributed by atoms with E-state index in [2.05, 4.69) is 80.5 Å². The molecule has 290 valence electrons. The molecule has 2 N–H and O–H groups in total. The third-order valence-corrected chi connectivity index (χ3v) is 12.9. The van der Waals surface area contributed by atoms with Crippen molar-refractivity contribution in [3.8, 4) is 27.4 Å². The van der Waals surface area contributed by atoms with Crippen molar-refractivity contribution in [3.63, 3.8) is 0 Å². The Morgan fingerprint density at radius 1 is 0.930 bits per heavy atom. The molecule has 3 aliphatic heterocycles. The number of aromatic nitrogens is 4. The normalized spacial score (nSPS) is 17.8. The summed E-state index contributed by atoms with van der Waals surface area (Å²) in [4.78, 5) is 44.6. The zero-order chi connectivity index (χ0) is 39.3. The second-order valence-electron chi connectivity index (χ2n) is 16.2. The molecule has 0 bridgehead atoms. The maximum Gasteiger partial charge on any atom is 0.243 e. The molecule has 11 nitrogen and oxygen atoms in total. The lowest BCUT2D eigenvalue weighted by atomic mass is 9.72. The molecule has 12 heteroatoms. The Hall–Kier alpha value is -5.88. The fraction of sp³-hybridized carbons (Fsp3) is 0.333. The van der Waals surface area contributed by atoms with Gasteiger partial charge < -0.3 is 25.1 Å². The summed E-state index contributed by atoms with van der Waals surface area (Å²) < 4.78 is 0. The van der Waals surface area contributed by atoms with Gasteiger partial charge in [-0.05, 0) is 84.8 Å². The Morgan fingerprint density at radius 2 is 1.72 bits per heavy atom. The lowest BCUT2D eigenvalue weighted by Crippen LogP contribution is -2.72. The van der Waals surface area contributed by atoms with Crippen LogP contribution in [-0.4, -0.2) is 80.8 Å². The fourth-order valence-electron chi connectivity index (χ4n) is 8.87. The Kier molecular flexibility index (Phi) is 9.60. The molecule has 0 saturated carbocycles. The molecule has 3 aliphatic rings. The maximum absolute atomic E-state index is 14.3. The van der Waals surface area contributed by atoms with Crippen LogP contribution in [0.4, 0.5) is 11.5 Å². The van der Waals surface area contributed by atoms with Crippen LogP contribution < -0.4 is 15.1 Å². The number of aromatic hydroxyl groups is 1. The lowest BCUT2D eigenvalue weighted by molar-refractivity contribution is -0.140. The molecule has 1 spiro atoms. The van der Waals surface area contributed by atoms with Gasteiger partial charge in [0.2, 0.25) is 11.8 Å². The van der Waals surface area contributed by atoms with Crippen LogP contribution in [0.2, 0.25) is 0 Å². The highest BCUT2D eigenvalue weighted by Gasteiger charge is 2.52. The minimum absolute atomic E-state index is 0.00769. The third kappa shape index (κ3) is 7.07. The van der Waals surface area contributed by atoms with Gasteiger partial charge in [0.05, 0.1) is 33.2 Å². The van der Waals surface area contributed by atoms with Gasteiger partial charge in [0.15, 0.2) is 0 Å². The molecular formula is C45H46N8O3S. The summed E-state index contributed by atoms with van der Waals surface area (Å²) in [6.07, 6.45) is 3.29. The number of likely N-dealkylation sites (tertiary alicyclic amines) is 1. The SMILES string of the molecule is Cc1ncsc1-c1ccc(CNC(=O)C2CCCN2C(=O)C(c2ccnc(N3CC4(CN(c5ccc6cc(-c7ccccc7O)nnc6c5)C4)C3)c2)C(C)C)cc1. The molecular weight excluding hydrogens is 733 g/mol. The molecule has 6 heterocycles. The quantitative estimate of drug-likeness (QED) is 0.148. The van der Waals surface area contributed by atoms with Crippen LogP contribution in [0.25, 0.3) is 32.6 Å². The molecule has 2 amide bonds. The number of phenols is 1. The van der Waals surface area contributed by atoms with E-state index in [1.54, 1.807) is 23.5 Å². The van der Waals surface area contributed by atoms with E-state index in [4.69, 9.17) is 4.98 Å². The summed E-state index contributed by atoms with van der Waals surface area (Å²) in [7, 11) is 0. The number of anilines is 2. The number of benzene rings is 3. The summed E-state index contributed by atoms with van der Waals surface area (Å²) in [5.41, 5.74) is 9.41. The predicted molar refractivity (Wildman–Crippen MR) is 224 cm³/mol. The summed E-state index contributed by atoms with van der Waals surface area (Å²) in [5.74, 6) is 0.660. The van der Waals surface area contributed by atoms with Crippen LogP contribution in [0.15, 0.2) is 96.6 Å². The van der Waals surface area contributed by atoms with Gasteiger partial charge in [-0.25, -0.2) is 9.97 Å². The van der Waals surface area contributed by atoms with Crippen LogP contribution >= 0.6 is 11.3 Å². The van der Waals surface area contributed by atoms with Crippen molar-refractivity contribution in [1.82, 2.24) is 30.4 Å². The molecule has 3 aromatic carbocycles. The molecule has 57 heavy (non-hydrogen) atoms. The number of hydrogen-bond acceptors (Lipinski definition) is 10. The van der Waals surface area contributed by atoms with E-state index in [1.165, 1.54) is 0 Å². The molecule has 3 fully saturated rings. The molecule has 0 aliphatic carbocycles. The van der Waals surface area contributed by atoms with Crippen LogP contribution in [0.1, 0.15) is 49.4 Å². The van der Waals surface area contributed by atoms with Crippen molar-refractivity contribution in [2.45, 2.75) is 52.1 Å². The van der Waals surface area contributed by atoms with Crippen molar-refractivity contribution in [2.24, 2.45) is 11.3 Å². The lowest BCUT2D eigenvalue weighted by Gasteiger charge is -2.61. The van der Waals surface area contributed by atoms with Crippen LogP contribution in [0.5, 0.6) is 5.75 Å². The average molecular weight is 779 g/mol. The zero-order valence-corrected chi connectivity index (χ0v) is 33.2. The van der Waals surface area contributed by atoms with E-state index >= 15 is 0 Å². The first kappa shape index (κ1) is 36.7. The Morgan fingerprint density at radius 3 is 2.47 bits per heavy atom. The molecule has 6 aromatic rings. The summed E-state index contributed by atoms with van der Waals surface area (Å²) >= 11 is 1.62. The largest absolute Gasteiger partial charge is 0.507 e. The van der Waals surface area contributed by atoms with Crippen molar-refractivity contribution >= 4 is 45.6 Å². The monoisotopic (exact) mass is 778 g/mol. The molecule has 3 saturated heterocycles. The third-order valence-electron chi connectivity index (χ3n) is 11.9. The first-order valence-corrected chi connectivity index (χ1v) is 20.6. The number of nitrogens with zero attached hydrogens (tertiary/aromatic N) is 7. The maximum atomic E-state index is 14.3. The molecule has 3 aromatic heterocycles. The number of amides is 2. The number of pyridine rings is 1. The van der Waals surface area contributed by atoms with E-state index < -0.39 is 6.04 Å². The summed E-state index contributed by atoms with van der Waals surface area (Å²) in [6, 6.07) is 27.2. The highest BCUT2D eigenvalue weighted by Crippen LogP contribution is 2.44. The van der Waals surface area contributed by atoms with E-state index in [9.17, 15) is 14.7 Å². The number of carbonyl (C=O) groups is 2. The number of aryl methyl sites for hydroxylation is 1. The van der Waals surface area contributed by atoms with Gasteiger partial charge in [-0.3, -0.25) is 9.59 Å². The number of carbonyl (C=O) groups excluding carboxylic acids is 2. The second-order valence-corrected chi connectivity index (χ2v) is 17.1. The minimum atomic E-state index is -0.480.